The van der Waals surface area contributed by atoms with Gasteiger partial charge in [-0.2, -0.15) is 0 Å². The molecule has 0 aromatic heterocycles. The minimum Gasteiger partial charge on any atom is -0.351 e. The van der Waals surface area contributed by atoms with Gasteiger partial charge in [0, 0.05) is 6.42 Å². The standard InChI is InChI=1S/C10H13NO4/c1-5(12)10(6(2)13,7(3)14)8-4-9(15)11-8/h8H,4H2,1-3H3,(H,11,15). The van der Waals surface area contributed by atoms with Gasteiger partial charge in [-0.3, -0.25) is 19.2 Å². The highest BCUT2D eigenvalue weighted by Crippen LogP contribution is 2.32. The molecule has 1 fully saturated rings. The minimum absolute atomic E-state index is 0.0543. The van der Waals surface area contributed by atoms with Crippen LogP contribution in [0.25, 0.3) is 0 Å². The Labute approximate surface area is 87.2 Å². The first-order chi connectivity index (χ1) is 6.83. The van der Waals surface area contributed by atoms with Gasteiger partial charge >= 0.3 is 0 Å². The van der Waals surface area contributed by atoms with Crippen LogP contribution in [0.5, 0.6) is 0 Å². The molecule has 5 heteroatoms. The van der Waals surface area contributed by atoms with Crippen LogP contribution in [0.15, 0.2) is 0 Å². The molecule has 1 unspecified atom stereocenters. The quantitative estimate of drug-likeness (QED) is 0.508. The second-order valence-corrected chi connectivity index (χ2v) is 3.80. The Hall–Kier alpha value is -1.52. The summed E-state index contributed by atoms with van der Waals surface area (Å²) in [6, 6.07) is -0.669. The molecule has 1 heterocycles. The van der Waals surface area contributed by atoms with Gasteiger partial charge in [-0.25, -0.2) is 0 Å². The number of β-lactam (4-membered cyclic amide) rings is 1. The zero-order chi connectivity index (χ0) is 11.8. The molecule has 1 atom stereocenters. The number of ketones is 3. The second-order valence-electron chi connectivity index (χ2n) is 3.80. The summed E-state index contributed by atoms with van der Waals surface area (Å²) in [6.45, 7) is 3.60. The van der Waals surface area contributed by atoms with Gasteiger partial charge in [-0.05, 0) is 20.8 Å². The Kier molecular flexibility index (Phi) is 2.75. The molecule has 1 aliphatic heterocycles. The largest absolute Gasteiger partial charge is 0.351 e. The number of rotatable bonds is 4. The average molecular weight is 211 g/mol. The van der Waals surface area contributed by atoms with E-state index in [1.54, 1.807) is 0 Å². The highest BCUT2D eigenvalue weighted by Gasteiger charge is 2.56. The van der Waals surface area contributed by atoms with Gasteiger partial charge < -0.3 is 5.32 Å². The Bertz CT molecular complexity index is 314. The summed E-state index contributed by atoms with van der Waals surface area (Å²) in [6.07, 6.45) is 0.0543. The second kappa shape index (κ2) is 3.56. The fourth-order valence-electron chi connectivity index (χ4n) is 2.10. The van der Waals surface area contributed by atoms with Crippen LogP contribution in [0.2, 0.25) is 0 Å². The summed E-state index contributed by atoms with van der Waals surface area (Å²) in [4.78, 5) is 45.3. The van der Waals surface area contributed by atoms with Gasteiger partial charge in [0.1, 0.15) is 0 Å². The first kappa shape index (κ1) is 11.6. The summed E-state index contributed by atoms with van der Waals surface area (Å²) in [5, 5.41) is 2.43. The SMILES string of the molecule is CC(=O)C(C(C)=O)(C(C)=O)C1CC(=O)N1. The van der Waals surface area contributed by atoms with Gasteiger partial charge in [0.15, 0.2) is 22.8 Å². The molecule has 1 aliphatic rings. The molecule has 82 valence electrons. The molecule has 0 radical (unpaired) electrons. The molecule has 0 bridgehead atoms. The van der Waals surface area contributed by atoms with E-state index in [2.05, 4.69) is 5.32 Å². The Balaban J connectivity index is 3.15. The molecule has 1 amide bonds. The van der Waals surface area contributed by atoms with Crippen molar-refractivity contribution in [1.29, 1.82) is 0 Å². The van der Waals surface area contributed by atoms with Crippen molar-refractivity contribution >= 4 is 23.3 Å². The highest BCUT2D eigenvalue weighted by molar-refractivity contribution is 6.24. The molecule has 1 N–H and O–H groups in total. The monoisotopic (exact) mass is 211 g/mol. The summed E-state index contributed by atoms with van der Waals surface area (Å²) in [5.74, 6) is -1.76. The maximum atomic E-state index is 11.5. The van der Waals surface area contributed by atoms with Crippen molar-refractivity contribution in [3.8, 4) is 0 Å². The summed E-state index contributed by atoms with van der Waals surface area (Å²) < 4.78 is 0. The smallest absolute Gasteiger partial charge is 0.222 e. The number of carbonyl (C=O) groups excluding carboxylic acids is 4. The predicted octanol–water partition coefficient (Wildman–Crippen LogP) is -0.372. The molecule has 1 saturated heterocycles. The zero-order valence-electron chi connectivity index (χ0n) is 8.92. The van der Waals surface area contributed by atoms with Crippen molar-refractivity contribution in [1.82, 2.24) is 5.32 Å². The number of hydrogen-bond acceptors (Lipinski definition) is 4. The lowest BCUT2D eigenvalue weighted by Gasteiger charge is -2.40. The predicted molar refractivity (Wildman–Crippen MR) is 51.0 cm³/mol. The molecule has 0 aromatic carbocycles. The number of Topliss-reactive ketones (excluding diaryl/α,β-unsaturated/α-hetero) is 3. The Morgan fingerprint density at radius 2 is 1.47 bits per heavy atom. The average Bonchev–Trinajstić information content (AvgIpc) is 1.99. The number of nitrogens with one attached hydrogen (secondary N) is 1. The topological polar surface area (TPSA) is 80.3 Å². The highest BCUT2D eigenvalue weighted by atomic mass is 16.2. The molecule has 15 heavy (non-hydrogen) atoms. The zero-order valence-corrected chi connectivity index (χ0v) is 8.92. The van der Waals surface area contributed by atoms with Gasteiger partial charge in [0.2, 0.25) is 5.91 Å². The van der Waals surface area contributed by atoms with Crippen molar-refractivity contribution in [3.05, 3.63) is 0 Å². The van der Waals surface area contributed by atoms with Crippen molar-refractivity contribution in [3.63, 3.8) is 0 Å². The summed E-state index contributed by atoms with van der Waals surface area (Å²) in [5.41, 5.74) is -1.67. The molecule has 1 rings (SSSR count). The van der Waals surface area contributed by atoms with E-state index in [0.29, 0.717) is 0 Å². The van der Waals surface area contributed by atoms with E-state index in [1.165, 1.54) is 20.8 Å². The third-order valence-electron chi connectivity index (χ3n) is 2.91. The van der Waals surface area contributed by atoms with Gasteiger partial charge in [-0.15, -0.1) is 0 Å². The maximum absolute atomic E-state index is 11.5. The molecule has 0 spiro atoms. The maximum Gasteiger partial charge on any atom is 0.222 e. The third-order valence-corrected chi connectivity index (χ3v) is 2.91. The molecular formula is C10H13NO4. The molecule has 5 nitrogen and oxygen atoms in total. The first-order valence-corrected chi connectivity index (χ1v) is 4.66. The van der Waals surface area contributed by atoms with Crippen LogP contribution in [0.3, 0.4) is 0 Å². The first-order valence-electron chi connectivity index (χ1n) is 4.66. The lowest BCUT2D eigenvalue weighted by Crippen LogP contribution is -2.65. The van der Waals surface area contributed by atoms with Gasteiger partial charge in [-0.1, -0.05) is 0 Å². The fraction of sp³-hybridized carbons (Fsp3) is 0.600. The van der Waals surface area contributed by atoms with Gasteiger partial charge in [0.05, 0.1) is 6.04 Å². The van der Waals surface area contributed by atoms with E-state index >= 15 is 0 Å². The van der Waals surface area contributed by atoms with E-state index in [-0.39, 0.29) is 12.3 Å². The lowest BCUT2D eigenvalue weighted by atomic mass is 9.67. The minimum atomic E-state index is -1.67. The normalized spacial score (nSPS) is 20.2. The van der Waals surface area contributed by atoms with Crippen LogP contribution < -0.4 is 5.32 Å². The van der Waals surface area contributed by atoms with Crippen LogP contribution in [0, 0.1) is 5.41 Å². The van der Waals surface area contributed by atoms with E-state index in [0.717, 1.165) is 0 Å². The van der Waals surface area contributed by atoms with Crippen LogP contribution in [-0.4, -0.2) is 29.3 Å². The van der Waals surface area contributed by atoms with Crippen LogP contribution in [-0.2, 0) is 19.2 Å². The van der Waals surface area contributed by atoms with E-state index in [4.69, 9.17) is 0 Å². The van der Waals surface area contributed by atoms with Crippen LogP contribution in [0.4, 0.5) is 0 Å². The van der Waals surface area contributed by atoms with Crippen molar-refractivity contribution in [2.45, 2.75) is 33.2 Å². The molecular weight excluding hydrogens is 198 g/mol. The lowest BCUT2D eigenvalue weighted by molar-refractivity contribution is -0.152. The number of carbonyl (C=O) groups is 4. The summed E-state index contributed by atoms with van der Waals surface area (Å²) >= 11 is 0. The van der Waals surface area contributed by atoms with Crippen molar-refractivity contribution in [2.24, 2.45) is 5.41 Å². The Morgan fingerprint density at radius 1 is 1.13 bits per heavy atom. The summed E-state index contributed by atoms with van der Waals surface area (Å²) in [7, 11) is 0. The van der Waals surface area contributed by atoms with Crippen LogP contribution >= 0.6 is 0 Å². The van der Waals surface area contributed by atoms with E-state index in [9.17, 15) is 19.2 Å². The van der Waals surface area contributed by atoms with Crippen molar-refractivity contribution in [2.75, 3.05) is 0 Å². The van der Waals surface area contributed by atoms with E-state index in [1.807, 2.05) is 0 Å². The number of amides is 1. The fourth-order valence-corrected chi connectivity index (χ4v) is 2.10. The Morgan fingerprint density at radius 3 is 1.67 bits per heavy atom. The molecule has 0 aromatic rings. The third kappa shape index (κ3) is 1.48. The molecule has 0 aliphatic carbocycles. The van der Waals surface area contributed by atoms with E-state index < -0.39 is 28.8 Å². The van der Waals surface area contributed by atoms with Gasteiger partial charge in [0.25, 0.3) is 0 Å². The number of hydrogen-bond donors (Lipinski definition) is 1. The van der Waals surface area contributed by atoms with Crippen molar-refractivity contribution < 1.29 is 19.2 Å². The molecule has 0 saturated carbocycles. The van der Waals surface area contributed by atoms with Crippen LogP contribution in [0.1, 0.15) is 27.2 Å².